The number of aliphatic carboxylic acids is 1. The number of aromatic nitrogens is 1. The Morgan fingerprint density at radius 2 is 2.19 bits per heavy atom. The van der Waals surface area contributed by atoms with Gasteiger partial charge in [-0.2, -0.15) is 0 Å². The quantitative estimate of drug-likeness (QED) is 0.684. The lowest BCUT2D eigenvalue weighted by Crippen LogP contribution is -2.24. The molecule has 0 bridgehead atoms. The summed E-state index contributed by atoms with van der Waals surface area (Å²) < 4.78 is 0. The number of amides is 1. The fraction of sp³-hybridized carbons (Fsp3) is 0.214. The smallest absolute Gasteiger partial charge is 0.303 e. The molecule has 0 atom stereocenters. The van der Waals surface area contributed by atoms with E-state index in [1.165, 1.54) is 11.3 Å². The van der Waals surface area contributed by atoms with E-state index < -0.39 is 5.97 Å². The van der Waals surface area contributed by atoms with Crippen molar-refractivity contribution in [2.24, 2.45) is 0 Å². The molecule has 3 N–H and O–H groups in total. The summed E-state index contributed by atoms with van der Waals surface area (Å²) in [6.07, 6.45) is 2.16. The lowest BCUT2D eigenvalue weighted by molar-refractivity contribution is -0.137. The Balaban J connectivity index is 1.90. The Hall–Kier alpha value is -2.41. The van der Waals surface area contributed by atoms with Crippen molar-refractivity contribution in [3.8, 4) is 0 Å². The first-order chi connectivity index (χ1) is 10.1. The maximum absolute atomic E-state index is 11.9. The van der Waals surface area contributed by atoms with Gasteiger partial charge in [-0.1, -0.05) is 6.07 Å². The first-order valence-corrected chi connectivity index (χ1v) is 7.29. The summed E-state index contributed by atoms with van der Waals surface area (Å²) in [7, 11) is 0. The van der Waals surface area contributed by atoms with Crippen LogP contribution in [0.4, 0.5) is 10.8 Å². The molecule has 0 unspecified atom stereocenters. The molecule has 2 aromatic rings. The molecule has 1 heterocycles. The van der Waals surface area contributed by atoms with Gasteiger partial charge in [-0.05, 0) is 24.6 Å². The number of carbonyl (C=O) groups excluding carboxylic acids is 1. The van der Waals surface area contributed by atoms with Crippen molar-refractivity contribution in [2.75, 3.05) is 11.9 Å². The summed E-state index contributed by atoms with van der Waals surface area (Å²) >= 11 is 1.47. The Labute approximate surface area is 125 Å². The fourth-order valence-electron chi connectivity index (χ4n) is 1.69. The van der Waals surface area contributed by atoms with Crippen molar-refractivity contribution in [3.63, 3.8) is 0 Å². The molecule has 7 heteroatoms. The van der Waals surface area contributed by atoms with Gasteiger partial charge in [0.15, 0.2) is 5.13 Å². The predicted molar refractivity (Wildman–Crippen MR) is 81.0 cm³/mol. The van der Waals surface area contributed by atoms with Crippen LogP contribution in [0.3, 0.4) is 0 Å². The van der Waals surface area contributed by atoms with Gasteiger partial charge in [-0.3, -0.25) is 9.59 Å². The molecule has 0 fully saturated rings. The first kappa shape index (κ1) is 15.0. The van der Waals surface area contributed by atoms with Crippen LogP contribution in [0.25, 0.3) is 0 Å². The van der Waals surface area contributed by atoms with Crippen LogP contribution in [-0.4, -0.2) is 28.5 Å². The van der Waals surface area contributed by atoms with Crippen molar-refractivity contribution in [1.29, 1.82) is 0 Å². The third-order valence-corrected chi connectivity index (χ3v) is 3.35. The molecule has 1 aromatic heterocycles. The van der Waals surface area contributed by atoms with Gasteiger partial charge >= 0.3 is 5.97 Å². The van der Waals surface area contributed by atoms with E-state index in [2.05, 4.69) is 15.6 Å². The topological polar surface area (TPSA) is 91.3 Å². The van der Waals surface area contributed by atoms with Crippen LogP contribution in [0.1, 0.15) is 23.2 Å². The SMILES string of the molecule is O=C(O)CCCNC(=O)c1cccc(Nc2nccs2)c1. The molecule has 1 aromatic carbocycles. The second-order valence-corrected chi connectivity index (χ2v) is 5.19. The molecular formula is C14H15N3O3S. The normalized spacial score (nSPS) is 10.1. The van der Waals surface area contributed by atoms with Gasteiger partial charge in [0.25, 0.3) is 5.91 Å². The zero-order chi connectivity index (χ0) is 15.1. The van der Waals surface area contributed by atoms with Crippen LogP contribution in [-0.2, 0) is 4.79 Å². The van der Waals surface area contributed by atoms with Crippen LogP contribution in [0.2, 0.25) is 0 Å². The Morgan fingerprint density at radius 3 is 2.90 bits per heavy atom. The molecule has 0 aliphatic rings. The molecule has 0 radical (unpaired) electrons. The van der Waals surface area contributed by atoms with E-state index in [1.807, 2.05) is 11.4 Å². The van der Waals surface area contributed by atoms with Gasteiger partial charge in [-0.15, -0.1) is 11.3 Å². The number of carboxylic acids is 1. The van der Waals surface area contributed by atoms with Gasteiger partial charge in [0.2, 0.25) is 0 Å². The van der Waals surface area contributed by atoms with Crippen LogP contribution in [0.5, 0.6) is 0 Å². The minimum Gasteiger partial charge on any atom is -0.481 e. The first-order valence-electron chi connectivity index (χ1n) is 6.42. The highest BCUT2D eigenvalue weighted by Crippen LogP contribution is 2.19. The second kappa shape index (κ2) is 7.39. The number of hydrogen-bond donors (Lipinski definition) is 3. The van der Waals surface area contributed by atoms with Crippen LogP contribution in [0.15, 0.2) is 35.8 Å². The fourth-order valence-corrected chi connectivity index (χ4v) is 2.24. The molecular weight excluding hydrogens is 290 g/mol. The van der Waals surface area contributed by atoms with Crippen LogP contribution < -0.4 is 10.6 Å². The van der Waals surface area contributed by atoms with Crippen molar-refractivity contribution < 1.29 is 14.7 Å². The van der Waals surface area contributed by atoms with Crippen molar-refractivity contribution in [3.05, 3.63) is 41.4 Å². The number of benzene rings is 1. The lowest BCUT2D eigenvalue weighted by atomic mass is 10.2. The Bertz CT molecular complexity index is 614. The highest BCUT2D eigenvalue weighted by Gasteiger charge is 2.06. The molecule has 0 saturated heterocycles. The van der Waals surface area contributed by atoms with Gasteiger partial charge in [0, 0.05) is 35.8 Å². The molecule has 6 nitrogen and oxygen atoms in total. The molecule has 2 rings (SSSR count). The molecule has 1 amide bonds. The second-order valence-electron chi connectivity index (χ2n) is 4.30. The summed E-state index contributed by atoms with van der Waals surface area (Å²) in [6.45, 7) is 0.343. The third-order valence-electron chi connectivity index (χ3n) is 2.66. The van der Waals surface area contributed by atoms with E-state index >= 15 is 0 Å². The van der Waals surface area contributed by atoms with Crippen LogP contribution in [0, 0.1) is 0 Å². The van der Waals surface area contributed by atoms with Gasteiger partial charge in [0.05, 0.1) is 0 Å². The van der Waals surface area contributed by atoms with E-state index in [0.29, 0.717) is 18.5 Å². The average Bonchev–Trinajstić information content (AvgIpc) is 2.96. The summed E-state index contributed by atoms with van der Waals surface area (Å²) in [5, 5.41) is 17.0. The zero-order valence-corrected chi connectivity index (χ0v) is 12.0. The number of hydrogen-bond acceptors (Lipinski definition) is 5. The lowest BCUT2D eigenvalue weighted by Gasteiger charge is -2.07. The van der Waals surface area contributed by atoms with Crippen LogP contribution >= 0.6 is 11.3 Å². The van der Waals surface area contributed by atoms with Crippen molar-refractivity contribution in [2.45, 2.75) is 12.8 Å². The summed E-state index contributed by atoms with van der Waals surface area (Å²) in [6, 6.07) is 7.07. The predicted octanol–water partition coefficient (Wildman–Crippen LogP) is 2.48. The maximum Gasteiger partial charge on any atom is 0.303 e. The summed E-state index contributed by atoms with van der Waals surface area (Å²) in [4.78, 5) is 26.4. The number of thiazole rings is 1. The van der Waals surface area contributed by atoms with E-state index in [4.69, 9.17) is 5.11 Å². The third kappa shape index (κ3) is 4.88. The van der Waals surface area contributed by atoms with Crippen molar-refractivity contribution >= 4 is 34.0 Å². The molecule has 0 aliphatic carbocycles. The summed E-state index contributed by atoms with van der Waals surface area (Å²) in [5.74, 6) is -1.08. The number of carboxylic acid groups (broad SMARTS) is 1. The zero-order valence-electron chi connectivity index (χ0n) is 11.2. The van der Waals surface area contributed by atoms with E-state index in [-0.39, 0.29) is 12.3 Å². The highest BCUT2D eigenvalue weighted by atomic mass is 32.1. The number of anilines is 2. The largest absolute Gasteiger partial charge is 0.481 e. The van der Waals surface area contributed by atoms with Gasteiger partial charge in [-0.25, -0.2) is 4.98 Å². The molecule has 110 valence electrons. The molecule has 0 aliphatic heterocycles. The van der Waals surface area contributed by atoms with Gasteiger partial charge in [0.1, 0.15) is 0 Å². The Morgan fingerprint density at radius 1 is 1.33 bits per heavy atom. The Kier molecular flexibility index (Phi) is 5.28. The average molecular weight is 305 g/mol. The molecule has 0 spiro atoms. The number of nitrogens with one attached hydrogen (secondary N) is 2. The minimum absolute atomic E-state index is 0.0475. The van der Waals surface area contributed by atoms with Crippen molar-refractivity contribution in [1.82, 2.24) is 10.3 Å². The summed E-state index contributed by atoms with van der Waals surface area (Å²) in [5.41, 5.74) is 1.30. The minimum atomic E-state index is -0.862. The monoisotopic (exact) mass is 305 g/mol. The number of rotatable bonds is 7. The highest BCUT2D eigenvalue weighted by molar-refractivity contribution is 7.13. The maximum atomic E-state index is 11.9. The standard InChI is InChI=1S/C14H15N3O3S/c18-12(19)5-2-6-15-13(20)10-3-1-4-11(9-10)17-14-16-7-8-21-14/h1,3-4,7-9H,2,5-6H2,(H,15,20)(H,16,17)(H,18,19). The number of nitrogens with zero attached hydrogens (tertiary/aromatic N) is 1. The van der Waals surface area contributed by atoms with Gasteiger partial charge < -0.3 is 15.7 Å². The number of carbonyl (C=O) groups is 2. The van der Waals surface area contributed by atoms with E-state index in [9.17, 15) is 9.59 Å². The van der Waals surface area contributed by atoms with E-state index in [0.717, 1.165) is 10.8 Å². The van der Waals surface area contributed by atoms with E-state index in [1.54, 1.807) is 24.4 Å². The molecule has 0 saturated carbocycles. The molecule has 21 heavy (non-hydrogen) atoms.